The van der Waals surface area contributed by atoms with Gasteiger partial charge in [0, 0.05) is 24.2 Å². The van der Waals surface area contributed by atoms with Crippen LogP contribution in [0, 0.1) is 12.8 Å². The van der Waals surface area contributed by atoms with Crippen LogP contribution in [-0.4, -0.2) is 29.0 Å². The molecule has 1 aromatic carbocycles. The van der Waals surface area contributed by atoms with E-state index in [-0.39, 0.29) is 11.7 Å². The zero-order valence-corrected chi connectivity index (χ0v) is 10.4. The summed E-state index contributed by atoms with van der Waals surface area (Å²) in [7, 11) is 0. The summed E-state index contributed by atoms with van der Waals surface area (Å²) in [5, 5.41) is 9.62. The van der Waals surface area contributed by atoms with Gasteiger partial charge >= 0.3 is 0 Å². The summed E-state index contributed by atoms with van der Waals surface area (Å²) in [6.45, 7) is 5.64. The minimum Gasteiger partial charge on any atom is -0.508 e. The molecule has 0 spiro atoms. The van der Waals surface area contributed by atoms with E-state index in [1.807, 2.05) is 4.90 Å². The van der Waals surface area contributed by atoms with Crippen molar-refractivity contribution in [2.45, 2.75) is 26.7 Å². The first-order valence-electron chi connectivity index (χ1n) is 6.21. The first kappa shape index (κ1) is 12.0. The number of carbonyl (C=O) groups is 1. The van der Waals surface area contributed by atoms with E-state index in [4.69, 9.17) is 0 Å². The fourth-order valence-electron chi connectivity index (χ4n) is 2.38. The average Bonchev–Trinajstić information content (AvgIpc) is 2.80. The van der Waals surface area contributed by atoms with E-state index in [0.717, 1.165) is 25.9 Å². The summed E-state index contributed by atoms with van der Waals surface area (Å²) < 4.78 is 0. The standard InChI is InChI=1S/C14H19NO2/c1-3-11-7-8-15(9-11)14(17)12-5-4-6-13(16)10(12)2/h4-6,11,16H,3,7-9H2,1-2H3. The fourth-order valence-corrected chi connectivity index (χ4v) is 2.38. The number of nitrogens with zero attached hydrogens (tertiary/aromatic N) is 1. The molecule has 0 aromatic heterocycles. The molecule has 0 aliphatic carbocycles. The van der Waals surface area contributed by atoms with E-state index in [1.165, 1.54) is 0 Å². The highest BCUT2D eigenvalue weighted by Crippen LogP contribution is 2.25. The molecule has 1 amide bonds. The van der Waals surface area contributed by atoms with Crippen LogP contribution in [0.2, 0.25) is 0 Å². The Balaban J connectivity index is 2.18. The number of likely N-dealkylation sites (tertiary alicyclic amines) is 1. The van der Waals surface area contributed by atoms with Crippen LogP contribution in [-0.2, 0) is 0 Å². The van der Waals surface area contributed by atoms with Gasteiger partial charge in [0.25, 0.3) is 5.91 Å². The highest BCUT2D eigenvalue weighted by atomic mass is 16.3. The molecule has 3 nitrogen and oxygen atoms in total. The number of phenols is 1. The van der Waals surface area contributed by atoms with Crippen LogP contribution >= 0.6 is 0 Å². The number of benzene rings is 1. The van der Waals surface area contributed by atoms with Crippen molar-refractivity contribution in [1.82, 2.24) is 4.90 Å². The van der Waals surface area contributed by atoms with Gasteiger partial charge in [0.05, 0.1) is 0 Å². The van der Waals surface area contributed by atoms with E-state index >= 15 is 0 Å². The predicted octanol–water partition coefficient (Wildman–Crippen LogP) is 2.57. The third-order valence-corrected chi connectivity index (χ3v) is 3.69. The largest absolute Gasteiger partial charge is 0.508 e. The van der Waals surface area contributed by atoms with Crippen molar-refractivity contribution < 1.29 is 9.90 Å². The van der Waals surface area contributed by atoms with Crippen molar-refractivity contribution in [2.75, 3.05) is 13.1 Å². The molecule has 0 saturated carbocycles. The van der Waals surface area contributed by atoms with Gasteiger partial charge in [-0.05, 0) is 31.4 Å². The van der Waals surface area contributed by atoms with E-state index in [2.05, 4.69) is 6.92 Å². The Bertz CT molecular complexity index is 428. The van der Waals surface area contributed by atoms with Crippen LogP contribution in [0.15, 0.2) is 18.2 Å². The summed E-state index contributed by atoms with van der Waals surface area (Å²) in [6.07, 6.45) is 2.23. The molecular formula is C14H19NO2. The molecule has 1 fully saturated rings. The van der Waals surface area contributed by atoms with Crippen molar-refractivity contribution in [2.24, 2.45) is 5.92 Å². The van der Waals surface area contributed by atoms with Crippen molar-refractivity contribution >= 4 is 5.91 Å². The second-order valence-electron chi connectivity index (χ2n) is 4.76. The van der Waals surface area contributed by atoms with E-state index < -0.39 is 0 Å². The summed E-state index contributed by atoms with van der Waals surface area (Å²) >= 11 is 0. The number of hydrogen-bond donors (Lipinski definition) is 1. The molecule has 1 unspecified atom stereocenters. The lowest BCUT2D eigenvalue weighted by molar-refractivity contribution is 0.0785. The van der Waals surface area contributed by atoms with Gasteiger partial charge in [0.2, 0.25) is 0 Å². The Morgan fingerprint density at radius 2 is 2.29 bits per heavy atom. The first-order chi connectivity index (χ1) is 8.13. The first-order valence-corrected chi connectivity index (χ1v) is 6.21. The molecule has 17 heavy (non-hydrogen) atoms. The summed E-state index contributed by atoms with van der Waals surface area (Å²) in [4.78, 5) is 14.2. The van der Waals surface area contributed by atoms with E-state index in [1.54, 1.807) is 25.1 Å². The van der Waals surface area contributed by atoms with Crippen LogP contribution in [0.5, 0.6) is 5.75 Å². The van der Waals surface area contributed by atoms with Crippen LogP contribution in [0.4, 0.5) is 0 Å². The number of aromatic hydroxyl groups is 1. The molecule has 1 aliphatic rings. The smallest absolute Gasteiger partial charge is 0.254 e. The molecule has 3 heteroatoms. The maximum Gasteiger partial charge on any atom is 0.254 e. The van der Waals surface area contributed by atoms with Crippen LogP contribution in [0.3, 0.4) is 0 Å². The Morgan fingerprint density at radius 3 is 2.94 bits per heavy atom. The third kappa shape index (κ3) is 2.28. The van der Waals surface area contributed by atoms with E-state index in [9.17, 15) is 9.90 Å². The molecule has 0 radical (unpaired) electrons. The topological polar surface area (TPSA) is 40.5 Å². The lowest BCUT2D eigenvalue weighted by Gasteiger charge is -2.17. The molecule has 0 bridgehead atoms. The maximum absolute atomic E-state index is 12.3. The van der Waals surface area contributed by atoms with Gasteiger partial charge in [-0.2, -0.15) is 0 Å². The average molecular weight is 233 g/mol. The highest BCUT2D eigenvalue weighted by molar-refractivity contribution is 5.96. The normalized spacial score (nSPS) is 19.6. The van der Waals surface area contributed by atoms with Gasteiger partial charge in [0.15, 0.2) is 0 Å². The molecule has 1 aromatic rings. The molecule has 2 rings (SSSR count). The molecule has 1 aliphatic heterocycles. The molecule has 1 atom stereocenters. The zero-order valence-electron chi connectivity index (χ0n) is 10.4. The molecule has 92 valence electrons. The van der Waals surface area contributed by atoms with Gasteiger partial charge in [-0.3, -0.25) is 4.79 Å². The second-order valence-corrected chi connectivity index (χ2v) is 4.76. The third-order valence-electron chi connectivity index (χ3n) is 3.69. The van der Waals surface area contributed by atoms with Crippen LogP contribution in [0.1, 0.15) is 35.7 Å². The molecular weight excluding hydrogens is 214 g/mol. The van der Waals surface area contributed by atoms with Gasteiger partial charge < -0.3 is 10.0 Å². The number of hydrogen-bond acceptors (Lipinski definition) is 2. The zero-order chi connectivity index (χ0) is 12.4. The lowest BCUT2D eigenvalue weighted by Crippen LogP contribution is -2.29. The van der Waals surface area contributed by atoms with Crippen molar-refractivity contribution in [3.8, 4) is 5.75 Å². The summed E-state index contributed by atoms with van der Waals surface area (Å²) in [5.74, 6) is 0.882. The number of carbonyl (C=O) groups excluding carboxylic acids is 1. The number of phenolic OH excluding ortho intramolecular Hbond substituents is 1. The second kappa shape index (κ2) is 4.78. The van der Waals surface area contributed by atoms with Gasteiger partial charge in [-0.25, -0.2) is 0 Å². The quantitative estimate of drug-likeness (QED) is 0.853. The lowest BCUT2D eigenvalue weighted by atomic mass is 10.1. The Labute approximate surface area is 102 Å². The van der Waals surface area contributed by atoms with Crippen molar-refractivity contribution in [1.29, 1.82) is 0 Å². The summed E-state index contributed by atoms with van der Waals surface area (Å²) in [5.41, 5.74) is 1.30. The van der Waals surface area contributed by atoms with Crippen LogP contribution in [0.25, 0.3) is 0 Å². The monoisotopic (exact) mass is 233 g/mol. The highest BCUT2D eigenvalue weighted by Gasteiger charge is 2.26. The fraction of sp³-hybridized carbons (Fsp3) is 0.500. The van der Waals surface area contributed by atoms with Gasteiger partial charge in [-0.1, -0.05) is 19.4 Å². The minimum atomic E-state index is 0.0503. The predicted molar refractivity (Wildman–Crippen MR) is 67.1 cm³/mol. The Kier molecular flexibility index (Phi) is 3.36. The van der Waals surface area contributed by atoms with Crippen LogP contribution < -0.4 is 0 Å². The summed E-state index contributed by atoms with van der Waals surface area (Å²) in [6, 6.07) is 5.13. The Morgan fingerprint density at radius 1 is 1.53 bits per heavy atom. The minimum absolute atomic E-state index is 0.0503. The van der Waals surface area contributed by atoms with Crippen molar-refractivity contribution in [3.63, 3.8) is 0 Å². The van der Waals surface area contributed by atoms with Gasteiger partial charge in [0.1, 0.15) is 5.75 Å². The maximum atomic E-state index is 12.3. The molecule has 1 heterocycles. The Hall–Kier alpha value is -1.51. The molecule has 1 saturated heterocycles. The number of amides is 1. The SMILES string of the molecule is CCC1CCN(C(=O)c2cccc(O)c2C)C1. The van der Waals surface area contributed by atoms with E-state index in [0.29, 0.717) is 17.0 Å². The molecule has 1 N–H and O–H groups in total. The van der Waals surface area contributed by atoms with Gasteiger partial charge in [-0.15, -0.1) is 0 Å². The number of rotatable bonds is 2. The van der Waals surface area contributed by atoms with Crippen molar-refractivity contribution in [3.05, 3.63) is 29.3 Å².